The first kappa shape index (κ1) is 15.7. The van der Waals surface area contributed by atoms with Crippen LogP contribution in [-0.2, 0) is 14.3 Å². The van der Waals surface area contributed by atoms with Crippen LogP contribution in [0.25, 0.3) is 0 Å². The summed E-state index contributed by atoms with van der Waals surface area (Å²) < 4.78 is 5.26. The van der Waals surface area contributed by atoms with Crippen LogP contribution < -0.4 is 5.32 Å². The van der Waals surface area contributed by atoms with E-state index in [1.807, 2.05) is 13.8 Å². The first-order chi connectivity index (χ1) is 7.65. The summed E-state index contributed by atoms with van der Waals surface area (Å²) in [5.74, 6) is -0.472. The number of hydrogen-bond donors (Lipinski definition) is 1. The van der Waals surface area contributed by atoms with E-state index in [2.05, 4.69) is 11.9 Å². The van der Waals surface area contributed by atoms with Crippen LogP contribution >= 0.6 is 0 Å². The van der Waals surface area contributed by atoms with Gasteiger partial charge in [0.05, 0.1) is 0 Å². The highest BCUT2D eigenvalue weighted by Gasteiger charge is 2.26. The second-order valence-corrected chi connectivity index (χ2v) is 5.43. The summed E-state index contributed by atoms with van der Waals surface area (Å²) in [6.45, 7) is 12.7. The lowest BCUT2D eigenvalue weighted by Gasteiger charge is -2.25. The fourth-order valence-corrected chi connectivity index (χ4v) is 1.29. The number of rotatable bonds is 5. The van der Waals surface area contributed by atoms with Crippen molar-refractivity contribution in [2.24, 2.45) is 5.92 Å². The zero-order valence-electron chi connectivity index (χ0n) is 11.4. The molecule has 1 amide bonds. The van der Waals surface area contributed by atoms with Gasteiger partial charge < -0.3 is 10.1 Å². The lowest BCUT2D eigenvalue weighted by atomic mass is 10.0. The molecule has 0 spiro atoms. The van der Waals surface area contributed by atoms with Gasteiger partial charge in [0.15, 0.2) is 0 Å². The summed E-state index contributed by atoms with van der Waals surface area (Å²) in [7, 11) is 0. The van der Waals surface area contributed by atoms with E-state index < -0.39 is 17.6 Å². The van der Waals surface area contributed by atoms with Gasteiger partial charge in [0.1, 0.15) is 11.6 Å². The van der Waals surface area contributed by atoms with Crippen molar-refractivity contribution in [1.82, 2.24) is 5.32 Å². The van der Waals surface area contributed by atoms with Crippen LogP contribution in [0.5, 0.6) is 0 Å². The normalized spacial score (nSPS) is 13.1. The van der Waals surface area contributed by atoms with Crippen molar-refractivity contribution in [3.05, 3.63) is 12.7 Å². The van der Waals surface area contributed by atoms with E-state index in [-0.39, 0.29) is 11.8 Å². The maximum absolute atomic E-state index is 11.9. The van der Waals surface area contributed by atoms with Gasteiger partial charge in [0.25, 0.3) is 0 Å². The fraction of sp³-hybridized carbons (Fsp3) is 0.692. The molecule has 0 aromatic heterocycles. The van der Waals surface area contributed by atoms with Crippen molar-refractivity contribution >= 4 is 11.9 Å². The molecule has 17 heavy (non-hydrogen) atoms. The second kappa shape index (κ2) is 6.42. The third kappa shape index (κ3) is 7.55. The van der Waals surface area contributed by atoms with Crippen molar-refractivity contribution in [2.75, 3.05) is 0 Å². The molecule has 4 heteroatoms. The molecular weight excluding hydrogens is 218 g/mol. The SMILES string of the molecule is C=CC(=O)NC(CC(C)C)C(=O)OC(C)(C)C. The second-order valence-electron chi connectivity index (χ2n) is 5.43. The quantitative estimate of drug-likeness (QED) is 0.592. The monoisotopic (exact) mass is 241 g/mol. The number of carbonyl (C=O) groups is 2. The molecule has 0 saturated carbocycles. The van der Waals surface area contributed by atoms with Crippen LogP contribution in [0.4, 0.5) is 0 Å². The first-order valence-electron chi connectivity index (χ1n) is 5.81. The highest BCUT2D eigenvalue weighted by molar-refractivity contribution is 5.91. The smallest absolute Gasteiger partial charge is 0.329 e. The van der Waals surface area contributed by atoms with E-state index in [0.717, 1.165) is 6.08 Å². The van der Waals surface area contributed by atoms with Crippen molar-refractivity contribution in [1.29, 1.82) is 0 Å². The molecule has 1 N–H and O–H groups in total. The van der Waals surface area contributed by atoms with Crippen molar-refractivity contribution in [3.63, 3.8) is 0 Å². The van der Waals surface area contributed by atoms with E-state index in [0.29, 0.717) is 6.42 Å². The Morgan fingerprint density at radius 3 is 2.24 bits per heavy atom. The Balaban J connectivity index is 4.61. The topological polar surface area (TPSA) is 55.4 Å². The Kier molecular flexibility index (Phi) is 5.93. The summed E-state index contributed by atoms with van der Waals surface area (Å²) in [6.07, 6.45) is 1.70. The van der Waals surface area contributed by atoms with E-state index in [1.54, 1.807) is 20.8 Å². The van der Waals surface area contributed by atoms with Crippen LogP contribution in [0.15, 0.2) is 12.7 Å². The maximum Gasteiger partial charge on any atom is 0.329 e. The van der Waals surface area contributed by atoms with E-state index in [1.165, 1.54) is 0 Å². The van der Waals surface area contributed by atoms with E-state index >= 15 is 0 Å². The zero-order chi connectivity index (χ0) is 13.6. The minimum absolute atomic E-state index is 0.289. The number of nitrogens with one attached hydrogen (secondary N) is 1. The summed E-state index contributed by atoms with van der Waals surface area (Å²) in [6, 6.07) is -0.611. The lowest BCUT2D eigenvalue weighted by Crippen LogP contribution is -2.44. The van der Waals surface area contributed by atoms with Crippen molar-refractivity contribution in [2.45, 2.75) is 52.7 Å². The molecule has 0 heterocycles. The number of carbonyl (C=O) groups excluding carboxylic acids is 2. The molecule has 0 aliphatic carbocycles. The van der Waals surface area contributed by atoms with Crippen LogP contribution in [0.2, 0.25) is 0 Å². The summed E-state index contributed by atoms with van der Waals surface area (Å²) >= 11 is 0. The highest BCUT2D eigenvalue weighted by atomic mass is 16.6. The van der Waals surface area contributed by atoms with Gasteiger partial charge in [-0.3, -0.25) is 4.79 Å². The summed E-state index contributed by atoms with van der Waals surface area (Å²) in [5, 5.41) is 2.59. The van der Waals surface area contributed by atoms with E-state index in [4.69, 9.17) is 4.74 Å². The van der Waals surface area contributed by atoms with Crippen LogP contribution in [0.3, 0.4) is 0 Å². The molecule has 0 rings (SSSR count). The molecule has 0 fully saturated rings. The molecule has 0 radical (unpaired) electrons. The average molecular weight is 241 g/mol. The molecule has 4 nitrogen and oxygen atoms in total. The zero-order valence-corrected chi connectivity index (χ0v) is 11.4. The average Bonchev–Trinajstić information content (AvgIpc) is 2.13. The lowest BCUT2D eigenvalue weighted by molar-refractivity contribution is -0.158. The van der Waals surface area contributed by atoms with Crippen LogP contribution in [0.1, 0.15) is 41.0 Å². The standard InChI is InChI=1S/C13H23NO3/c1-7-11(15)14-10(8-9(2)3)12(16)17-13(4,5)6/h7,9-10H,1,8H2,2-6H3,(H,14,15). The predicted molar refractivity (Wildman–Crippen MR) is 67.4 cm³/mol. The van der Waals surface area contributed by atoms with Crippen LogP contribution in [0, 0.1) is 5.92 Å². The van der Waals surface area contributed by atoms with E-state index in [9.17, 15) is 9.59 Å². The Labute approximate surface area is 103 Å². The Hall–Kier alpha value is -1.32. The molecular formula is C13H23NO3. The number of ether oxygens (including phenoxy) is 1. The molecule has 1 unspecified atom stereocenters. The Morgan fingerprint density at radius 2 is 1.88 bits per heavy atom. The van der Waals surface area contributed by atoms with Gasteiger partial charge in [-0.15, -0.1) is 0 Å². The largest absolute Gasteiger partial charge is 0.458 e. The molecule has 98 valence electrons. The first-order valence-corrected chi connectivity index (χ1v) is 5.81. The van der Waals surface area contributed by atoms with Crippen molar-refractivity contribution < 1.29 is 14.3 Å². The van der Waals surface area contributed by atoms with Gasteiger partial charge >= 0.3 is 5.97 Å². The third-order valence-electron chi connectivity index (χ3n) is 1.90. The summed E-state index contributed by atoms with van der Waals surface area (Å²) in [4.78, 5) is 23.1. The Bertz CT molecular complexity index is 290. The Morgan fingerprint density at radius 1 is 1.35 bits per heavy atom. The molecule has 0 aliphatic heterocycles. The van der Waals surface area contributed by atoms with Gasteiger partial charge in [-0.25, -0.2) is 4.79 Å². The van der Waals surface area contributed by atoms with Gasteiger partial charge in [0, 0.05) is 0 Å². The number of hydrogen-bond acceptors (Lipinski definition) is 3. The molecule has 0 bridgehead atoms. The minimum atomic E-state index is -0.611. The number of amides is 1. The third-order valence-corrected chi connectivity index (χ3v) is 1.90. The maximum atomic E-state index is 11.9. The predicted octanol–water partition coefficient (Wildman–Crippen LogP) is 2.04. The van der Waals surface area contributed by atoms with Gasteiger partial charge in [-0.05, 0) is 39.2 Å². The minimum Gasteiger partial charge on any atom is -0.458 e. The van der Waals surface area contributed by atoms with Gasteiger partial charge in [-0.1, -0.05) is 20.4 Å². The molecule has 0 saturated heterocycles. The summed E-state index contributed by atoms with van der Waals surface area (Å²) in [5.41, 5.74) is -0.550. The molecule has 1 atom stereocenters. The molecule has 0 aromatic carbocycles. The molecule has 0 aliphatic rings. The fourth-order valence-electron chi connectivity index (χ4n) is 1.29. The van der Waals surface area contributed by atoms with Gasteiger partial charge in [0.2, 0.25) is 5.91 Å². The van der Waals surface area contributed by atoms with Gasteiger partial charge in [-0.2, -0.15) is 0 Å². The van der Waals surface area contributed by atoms with Crippen molar-refractivity contribution in [3.8, 4) is 0 Å². The molecule has 0 aromatic rings. The van der Waals surface area contributed by atoms with Crippen LogP contribution in [-0.4, -0.2) is 23.5 Å². The highest BCUT2D eigenvalue weighted by Crippen LogP contribution is 2.12. The number of esters is 1.